The average molecular weight is 371 g/mol. The highest BCUT2D eigenvalue weighted by Crippen LogP contribution is 2.31. The minimum atomic E-state index is -0.574. The van der Waals surface area contributed by atoms with E-state index < -0.39 is 4.92 Å². The number of anilines is 2. The first kappa shape index (κ1) is 16.9. The smallest absolute Gasteiger partial charge is 0.327 e. The van der Waals surface area contributed by atoms with Crippen LogP contribution >= 0.6 is 0 Å². The molecule has 0 spiro atoms. The van der Waals surface area contributed by atoms with E-state index in [0.717, 1.165) is 24.5 Å². The molecule has 1 aliphatic heterocycles. The Morgan fingerprint density at radius 3 is 2.63 bits per heavy atom. The van der Waals surface area contributed by atoms with E-state index in [9.17, 15) is 15.3 Å². The van der Waals surface area contributed by atoms with Crippen molar-refractivity contribution in [2.45, 2.75) is 0 Å². The Labute approximate surface area is 153 Å². The molecule has 140 valence electrons. The number of rotatable bonds is 4. The Morgan fingerprint density at radius 2 is 1.93 bits per heavy atom. The molecule has 4 rings (SSSR count). The standard InChI is InChI=1S/C17H17N5O5/c1-26-13-4-2-3-12(11-13)19-7-9-20(10-8-19)15-6-5-14(21(23)24)16-17(15)22(25)27-18-16/h2-6,11H,7-10H2,1H3. The molecule has 0 bridgehead atoms. The maximum absolute atomic E-state index is 12.0. The van der Waals surface area contributed by atoms with Gasteiger partial charge in [-0.1, -0.05) is 6.07 Å². The van der Waals surface area contributed by atoms with Gasteiger partial charge in [-0.2, -0.15) is 0 Å². The van der Waals surface area contributed by atoms with E-state index in [2.05, 4.69) is 14.7 Å². The van der Waals surface area contributed by atoms with Gasteiger partial charge in [0.2, 0.25) is 0 Å². The second-order valence-corrected chi connectivity index (χ2v) is 6.16. The lowest BCUT2D eigenvalue weighted by Crippen LogP contribution is -2.47. The van der Waals surface area contributed by atoms with Crippen LogP contribution in [-0.4, -0.2) is 43.4 Å². The van der Waals surface area contributed by atoms with Gasteiger partial charge in [0.05, 0.1) is 22.9 Å². The molecule has 1 saturated heterocycles. The molecule has 0 unspecified atom stereocenters. The molecule has 10 heteroatoms. The normalized spacial score (nSPS) is 14.6. The molecule has 0 saturated carbocycles. The quantitative estimate of drug-likeness (QED) is 0.387. The molecule has 2 aromatic carbocycles. The third-order valence-electron chi connectivity index (χ3n) is 4.73. The summed E-state index contributed by atoms with van der Waals surface area (Å²) in [6.07, 6.45) is 0. The van der Waals surface area contributed by atoms with Gasteiger partial charge < -0.3 is 19.7 Å². The Kier molecular flexibility index (Phi) is 4.15. The van der Waals surface area contributed by atoms with E-state index in [1.54, 1.807) is 13.2 Å². The zero-order valence-corrected chi connectivity index (χ0v) is 14.6. The fourth-order valence-corrected chi connectivity index (χ4v) is 3.36. The lowest BCUT2D eigenvalue weighted by atomic mass is 10.2. The lowest BCUT2D eigenvalue weighted by molar-refractivity contribution is -0.782. The molecule has 0 N–H and O–H groups in total. The number of aromatic nitrogens is 2. The van der Waals surface area contributed by atoms with Crippen LogP contribution in [0.4, 0.5) is 17.1 Å². The van der Waals surface area contributed by atoms with Crippen LogP contribution in [0.3, 0.4) is 0 Å². The second kappa shape index (κ2) is 6.63. The number of methoxy groups -OCH3 is 1. The zero-order valence-electron chi connectivity index (χ0n) is 14.6. The summed E-state index contributed by atoms with van der Waals surface area (Å²) in [6.45, 7) is 2.76. The fourth-order valence-electron chi connectivity index (χ4n) is 3.36. The average Bonchev–Trinajstić information content (AvgIpc) is 3.09. The number of nitro groups is 1. The van der Waals surface area contributed by atoms with Gasteiger partial charge in [0.1, 0.15) is 5.75 Å². The van der Waals surface area contributed by atoms with E-state index >= 15 is 0 Å². The van der Waals surface area contributed by atoms with Crippen molar-refractivity contribution in [1.29, 1.82) is 0 Å². The molecular weight excluding hydrogens is 354 g/mol. The van der Waals surface area contributed by atoms with Gasteiger partial charge in [-0.25, -0.2) is 0 Å². The van der Waals surface area contributed by atoms with Crippen LogP contribution in [0.25, 0.3) is 11.0 Å². The molecule has 10 nitrogen and oxygen atoms in total. The number of nitrogens with zero attached hydrogens (tertiary/aromatic N) is 5. The molecule has 0 radical (unpaired) electrons. The van der Waals surface area contributed by atoms with E-state index in [0.29, 0.717) is 18.8 Å². The van der Waals surface area contributed by atoms with Crippen molar-refractivity contribution in [3.63, 3.8) is 0 Å². The first-order chi connectivity index (χ1) is 13.1. The number of nitro benzene ring substituents is 1. The van der Waals surface area contributed by atoms with E-state index in [4.69, 9.17) is 4.74 Å². The first-order valence-electron chi connectivity index (χ1n) is 8.39. The van der Waals surface area contributed by atoms with Crippen molar-refractivity contribution in [2.75, 3.05) is 43.1 Å². The topological polar surface area (TPSA) is 112 Å². The van der Waals surface area contributed by atoms with Crippen LogP contribution in [0, 0.1) is 15.3 Å². The summed E-state index contributed by atoms with van der Waals surface area (Å²) in [4.78, 5) is 15.0. The Balaban J connectivity index is 1.59. The molecular formula is C17H17N5O5. The van der Waals surface area contributed by atoms with E-state index in [-0.39, 0.29) is 21.6 Å². The summed E-state index contributed by atoms with van der Waals surface area (Å²) in [5.74, 6) is 0.795. The monoisotopic (exact) mass is 371 g/mol. The van der Waals surface area contributed by atoms with Gasteiger partial charge in [0.15, 0.2) is 0 Å². The van der Waals surface area contributed by atoms with Gasteiger partial charge in [0, 0.05) is 44.0 Å². The molecule has 0 atom stereocenters. The van der Waals surface area contributed by atoms with Gasteiger partial charge in [0.25, 0.3) is 5.52 Å². The van der Waals surface area contributed by atoms with Gasteiger partial charge in [-0.05, 0) is 23.1 Å². The highest BCUT2D eigenvalue weighted by atomic mass is 16.8. The molecule has 27 heavy (non-hydrogen) atoms. The van der Waals surface area contributed by atoms with Gasteiger partial charge in [-0.15, -0.1) is 0 Å². The lowest BCUT2D eigenvalue weighted by Gasteiger charge is -2.37. The largest absolute Gasteiger partial charge is 0.497 e. The number of fused-ring (bicyclic) bond motifs is 1. The molecule has 2 heterocycles. The number of non-ortho nitro benzene ring substituents is 1. The van der Waals surface area contributed by atoms with Crippen molar-refractivity contribution >= 4 is 28.1 Å². The van der Waals surface area contributed by atoms with Crippen molar-refractivity contribution in [3.8, 4) is 5.75 Å². The van der Waals surface area contributed by atoms with Crippen LogP contribution in [-0.2, 0) is 0 Å². The minimum absolute atomic E-state index is 0.0391. The number of benzene rings is 2. The molecule has 3 aromatic rings. The van der Waals surface area contributed by atoms with Crippen LogP contribution in [0.15, 0.2) is 41.0 Å². The summed E-state index contributed by atoms with van der Waals surface area (Å²) >= 11 is 0. The number of ether oxygens (including phenoxy) is 1. The maximum Gasteiger partial charge on any atom is 0.327 e. The van der Waals surface area contributed by atoms with E-state index in [1.807, 2.05) is 29.2 Å². The number of piperazine rings is 1. The second-order valence-electron chi connectivity index (χ2n) is 6.16. The summed E-state index contributed by atoms with van der Waals surface area (Å²) in [5, 5.41) is 26.7. The summed E-state index contributed by atoms with van der Waals surface area (Å²) in [6, 6.07) is 10.8. The van der Waals surface area contributed by atoms with Crippen LogP contribution in [0.2, 0.25) is 0 Å². The van der Waals surface area contributed by atoms with Crippen molar-refractivity contribution in [3.05, 3.63) is 51.7 Å². The van der Waals surface area contributed by atoms with Crippen molar-refractivity contribution in [1.82, 2.24) is 5.16 Å². The SMILES string of the molecule is COc1cccc(N2CCN(c3ccc([N+](=O)[O-])c4no[n+]([O-])c34)CC2)c1. The van der Waals surface area contributed by atoms with Gasteiger partial charge in [-0.3, -0.25) is 14.7 Å². The zero-order chi connectivity index (χ0) is 19.0. The van der Waals surface area contributed by atoms with Crippen LogP contribution in [0.1, 0.15) is 0 Å². The van der Waals surface area contributed by atoms with E-state index in [1.165, 1.54) is 6.07 Å². The summed E-state index contributed by atoms with van der Waals surface area (Å²) < 4.78 is 9.88. The Bertz CT molecular complexity index is 997. The highest BCUT2D eigenvalue weighted by molar-refractivity contribution is 5.91. The fraction of sp³-hybridized carbons (Fsp3) is 0.294. The third-order valence-corrected chi connectivity index (χ3v) is 4.73. The molecule has 1 fully saturated rings. The molecule has 0 amide bonds. The Morgan fingerprint density at radius 1 is 1.19 bits per heavy atom. The van der Waals surface area contributed by atoms with Crippen molar-refractivity contribution in [2.24, 2.45) is 0 Å². The van der Waals surface area contributed by atoms with Crippen LogP contribution < -0.4 is 19.4 Å². The van der Waals surface area contributed by atoms with Gasteiger partial charge >= 0.3 is 11.2 Å². The van der Waals surface area contributed by atoms with Crippen LogP contribution in [0.5, 0.6) is 5.75 Å². The Hall–Kier alpha value is -3.56. The predicted molar refractivity (Wildman–Crippen MR) is 97.0 cm³/mol. The summed E-state index contributed by atoms with van der Waals surface area (Å²) in [7, 11) is 1.63. The third kappa shape index (κ3) is 2.94. The number of hydrogen-bond donors (Lipinski definition) is 0. The first-order valence-corrected chi connectivity index (χ1v) is 8.39. The molecule has 0 aliphatic carbocycles. The minimum Gasteiger partial charge on any atom is -0.497 e. The maximum atomic E-state index is 12.0. The highest BCUT2D eigenvalue weighted by Gasteiger charge is 2.29. The van der Waals surface area contributed by atoms with Crippen molar-refractivity contribution < 1.29 is 19.2 Å². The summed E-state index contributed by atoms with van der Waals surface area (Å²) in [5.41, 5.74) is 1.44. The molecule has 1 aromatic heterocycles. The number of hydrogen-bond acceptors (Lipinski definition) is 8. The predicted octanol–water partition coefficient (Wildman–Crippen LogP) is 1.70. The molecule has 1 aliphatic rings.